The zero-order valence-electron chi connectivity index (χ0n) is 16.4. The molecule has 1 fully saturated rings. The Hall–Kier alpha value is -3.64. The van der Waals surface area contributed by atoms with Gasteiger partial charge in [0.1, 0.15) is 23.8 Å². The molecule has 4 rings (SSSR count). The van der Waals surface area contributed by atoms with Crippen molar-refractivity contribution in [3.63, 3.8) is 0 Å². The summed E-state index contributed by atoms with van der Waals surface area (Å²) in [6.07, 6.45) is 1.76. The van der Waals surface area contributed by atoms with Gasteiger partial charge in [0.15, 0.2) is 5.11 Å². The van der Waals surface area contributed by atoms with Gasteiger partial charge in [0, 0.05) is 11.6 Å². The standard InChI is InChI=1S/C24H20N2O3S/c1-28-20-12-7-11-19(15-20)26-23(27)21(25-24(26)30)14-18-10-5-6-13-22(18)29-16-17-8-3-2-4-9-17/h2-15H,16H2,1H3,(H,25,30). The Kier molecular flexibility index (Phi) is 5.77. The van der Waals surface area contributed by atoms with E-state index in [4.69, 9.17) is 21.7 Å². The van der Waals surface area contributed by atoms with Crippen molar-refractivity contribution >= 4 is 35.0 Å². The average Bonchev–Trinajstić information content (AvgIpc) is 3.06. The van der Waals surface area contributed by atoms with Crippen LogP contribution in [0.2, 0.25) is 0 Å². The van der Waals surface area contributed by atoms with Crippen LogP contribution < -0.4 is 19.7 Å². The molecule has 3 aromatic rings. The summed E-state index contributed by atoms with van der Waals surface area (Å²) in [7, 11) is 1.58. The van der Waals surface area contributed by atoms with Crippen LogP contribution in [0.25, 0.3) is 6.08 Å². The van der Waals surface area contributed by atoms with Crippen LogP contribution in [-0.4, -0.2) is 18.1 Å². The molecule has 0 aromatic heterocycles. The van der Waals surface area contributed by atoms with Crippen molar-refractivity contribution in [2.75, 3.05) is 12.0 Å². The lowest BCUT2D eigenvalue weighted by molar-refractivity contribution is -0.113. The van der Waals surface area contributed by atoms with E-state index in [1.54, 1.807) is 19.3 Å². The van der Waals surface area contributed by atoms with Gasteiger partial charge in [0.2, 0.25) is 0 Å². The van der Waals surface area contributed by atoms with Crippen molar-refractivity contribution < 1.29 is 14.3 Å². The lowest BCUT2D eigenvalue weighted by atomic mass is 10.1. The minimum atomic E-state index is -0.230. The molecule has 0 spiro atoms. The smallest absolute Gasteiger partial charge is 0.281 e. The summed E-state index contributed by atoms with van der Waals surface area (Å²) in [6.45, 7) is 0.441. The molecule has 0 unspecified atom stereocenters. The SMILES string of the molecule is COc1cccc(N2C(=O)C(=Cc3ccccc3OCc3ccccc3)NC2=S)c1. The lowest BCUT2D eigenvalue weighted by Gasteiger charge is -2.14. The number of carbonyl (C=O) groups is 1. The van der Waals surface area contributed by atoms with Crippen LogP contribution in [0.4, 0.5) is 5.69 Å². The molecule has 3 aromatic carbocycles. The fraction of sp³-hybridized carbons (Fsp3) is 0.0833. The Morgan fingerprint density at radius 3 is 2.57 bits per heavy atom. The number of hydrogen-bond donors (Lipinski definition) is 1. The normalized spacial score (nSPS) is 14.7. The number of carbonyl (C=O) groups excluding carboxylic acids is 1. The largest absolute Gasteiger partial charge is 0.497 e. The van der Waals surface area contributed by atoms with E-state index in [9.17, 15) is 4.79 Å². The molecule has 1 aliphatic rings. The maximum Gasteiger partial charge on any atom is 0.281 e. The first kappa shape index (κ1) is 19.7. The van der Waals surface area contributed by atoms with Gasteiger partial charge in [0.05, 0.1) is 12.8 Å². The first-order valence-electron chi connectivity index (χ1n) is 9.42. The third-order valence-electron chi connectivity index (χ3n) is 4.65. The molecular weight excluding hydrogens is 396 g/mol. The molecule has 0 bridgehead atoms. The van der Waals surface area contributed by atoms with E-state index in [1.807, 2.05) is 72.8 Å². The zero-order valence-corrected chi connectivity index (χ0v) is 17.2. The lowest BCUT2D eigenvalue weighted by Crippen LogP contribution is -2.30. The summed E-state index contributed by atoms with van der Waals surface area (Å²) >= 11 is 5.40. The predicted octanol–water partition coefficient (Wildman–Crippen LogP) is 4.54. The number of para-hydroxylation sites is 1. The van der Waals surface area contributed by atoms with E-state index in [1.165, 1.54) is 4.90 Å². The number of rotatable bonds is 6. The van der Waals surface area contributed by atoms with Crippen molar-refractivity contribution in [2.45, 2.75) is 6.61 Å². The fourth-order valence-corrected chi connectivity index (χ4v) is 3.44. The van der Waals surface area contributed by atoms with Gasteiger partial charge in [-0.15, -0.1) is 0 Å². The topological polar surface area (TPSA) is 50.8 Å². The quantitative estimate of drug-likeness (QED) is 0.472. The molecule has 0 saturated carbocycles. The summed E-state index contributed by atoms with van der Waals surface area (Å²) in [5.41, 5.74) is 2.90. The maximum atomic E-state index is 13.0. The van der Waals surface area contributed by atoms with Crippen molar-refractivity contribution in [3.05, 3.63) is 95.7 Å². The van der Waals surface area contributed by atoms with Crippen LogP contribution in [0.15, 0.2) is 84.6 Å². The molecule has 0 aliphatic carbocycles. The van der Waals surface area contributed by atoms with E-state index in [-0.39, 0.29) is 5.91 Å². The summed E-state index contributed by atoms with van der Waals surface area (Å²) in [5, 5.41) is 3.33. The molecule has 1 heterocycles. The molecule has 0 atom stereocenters. The summed E-state index contributed by atoms with van der Waals surface area (Å²) in [5.74, 6) is 1.11. The number of amides is 1. The van der Waals surface area contributed by atoms with Gasteiger partial charge in [-0.25, -0.2) is 0 Å². The van der Waals surface area contributed by atoms with E-state index in [0.717, 1.165) is 11.1 Å². The Bertz CT molecular complexity index is 1110. The number of benzene rings is 3. The number of ether oxygens (including phenoxy) is 2. The minimum absolute atomic E-state index is 0.230. The van der Waals surface area contributed by atoms with Crippen molar-refractivity contribution in [3.8, 4) is 11.5 Å². The molecular formula is C24H20N2O3S. The molecule has 1 saturated heterocycles. The predicted molar refractivity (Wildman–Crippen MR) is 121 cm³/mol. The van der Waals surface area contributed by atoms with Crippen LogP contribution in [-0.2, 0) is 11.4 Å². The van der Waals surface area contributed by atoms with Gasteiger partial charge in [-0.1, -0.05) is 54.6 Å². The summed E-state index contributed by atoms with van der Waals surface area (Å²) in [6, 6.07) is 24.7. The number of anilines is 1. The Morgan fingerprint density at radius 1 is 1.00 bits per heavy atom. The van der Waals surface area contributed by atoms with Crippen molar-refractivity contribution in [1.82, 2.24) is 5.32 Å². The van der Waals surface area contributed by atoms with Gasteiger partial charge in [-0.05, 0) is 42.1 Å². The zero-order chi connectivity index (χ0) is 20.9. The number of thiocarbonyl (C=S) groups is 1. The van der Waals surface area contributed by atoms with Crippen molar-refractivity contribution in [1.29, 1.82) is 0 Å². The molecule has 150 valence electrons. The van der Waals surface area contributed by atoms with Gasteiger partial charge in [-0.2, -0.15) is 0 Å². The maximum absolute atomic E-state index is 13.0. The first-order chi connectivity index (χ1) is 14.7. The molecule has 5 nitrogen and oxygen atoms in total. The van der Waals surface area contributed by atoms with Gasteiger partial charge >= 0.3 is 0 Å². The molecule has 1 aliphatic heterocycles. The highest BCUT2D eigenvalue weighted by Gasteiger charge is 2.32. The van der Waals surface area contributed by atoms with E-state index >= 15 is 0 Å². The fourth-order valence-electron chi connectivity index (χ4n) is 3.14. The molecule has 30 heavy (non-hydrogen) atoms. The van der Waals surface area contributed by atoms with E-state index < -0.39 is 0 Å². The third kappa shape index (κ3) is 4.18. The number of methoxy groups -OCH3 is 1. The van der Waals surface area contributed by atoms with Crippen LogP contribution >= 0.6 is 12.2 Å². The van der Waals surface area contributed by atoms with Crippen LogP contribution in [0.5, 0.6) is 11.5 Å². The second-order valence-electron chi connectivity index (χ2n) is 6.64. The van der Waals surface area contributed by atoms with Crippen LogP contribution in [0.3, 0.4) is 0 Å². The van der Waals surface area contributed by atoms with Crippen molar-refractivity contribution in [2.24, 2.45) is 0 Å². The van der Waals surface area contributed by atoms with E-state index in [0.29, 0.717) is 34.6 Å². The Morgan fingerprint density at radius 2 is 1.77 bits per heavy atom. The number of nitrogens with one attached hydrogen (secondary N) is 1. The minimum Gasteiger partial charge on any atom is -0.497 e. The monoisotopic (exact) mass is 416 g/mol. The van der Waals surface area contributed by atoms with Crippen LogP contribution in [0, 0.1) is 0 Å². The van der Waals surface area contributed by atoms with Gasteiger partial charge in [0.25, 0.3) is 5.91 Å². The second kappa shape index (κ2) is 8.80. The molecule has 6 heteroatoms. The molecule has 1 amide bonds. The molecule has 0 radical (unpaired) electrons. The highest BCUT2D eigenvalue weighted by atomic mass is 32.1. The Labute approximate surface area is 180 Å². The summed E-state index contributed by atoms with van der Waals surface area (Å²) < 4.78 is 11.2. The summed E-state index contributed by atoms with van der Waals surface area (Å²) in [4.78, 5) is 14.5. The average molecular weight is 417 g/mol. The first-order valence-corrected chi connectivity index (χ1v) is 9.83. The van der Waals surface area contributed by atoms with Gasteiger partial charge < -0.3 is 14.8 Å². The highest BCUT2D eigenvalue weighted by molar-refractivity contribution is 7.80. The Balaban J connectivity index is 1.58. The second-order valence-corrected chi connectivity index (χ2v) is 7.03. The van der Waals surface area contributed by atoms with E-state index in [2.05, 4.69) is 5.32 Å². The number of nitrogens with zero attached hydrogens (tertiary/aromatic N) is 1. The third-order valence-corrected chi connectivity index (χ3v) is 4.93. The molecule has 1 N–H and O–H groups in total. The van der Waals surface area contributed by atoms with Gasteiger partial charge in [-0.3, -0.25) is 9.69 Å². The van der Waals surface area contributed by atoms with Crippen LogP contribution in [0.1, 0.15) is 11.1 Å². The number of hydrogen-bond acceptors (Lipinski definition) is 4. The highest BCUT2D eigenvalue weighted by Crippen LogP contribution is 2.28.